The van der Waals surface area contributed by atoms with Crippen molar-refractivity contribution in [1.82, 2.24) is 0 Å². The van der Waals surface area contributed by atoms with Gasteiger partial charge in [0.05, 0.1) is 0 Å². The van der Waals surface area contributed by atoms with Crippen molar-refractivity contribution in [3.63, 3.8) is 0 Å². The minimum absolute atomic E-state index is 0.194. The van der Waals surface area contributed by atoms with Crippen molar-refractivity contribution < 1.29 is 10.2 Å². The molecule has 0 atom stereocenters. The Hall–Kier alpha value is -0.0151. The quantitative estimate of drug-likeness (QED) is 0.370. The number of hydrogen-bond donors (Lipinski definition) is 2. The summed E-state index contributed by atoms with van der Waals surface area (Å²) in [4.78, 5) is 0. The maximum absolute atomic E-state index is 8.18. The molecule has 0 spiro atoms. The molecule has 2 nitrogen and oxygen atoms in total. The monoisotopic (exact) mass is 101 g/mol. The van der Waals surface area contributed by atoms with Gasteiger partial charge in [0.25, 0.3) is 0 Å². The van der Waals surface area contributed by atoms with Crippen LogP contribution in [0.5, 0.6) is 0 Å². The molecular formula is C4H10BO2. The first-order chi connectivity index (χ1) is 3.41. The first kappa shape index (κ1) is 6.98. The molecule has 7 heavy (non-hydrogen) atoms. The first-order valence-corrected chi connectivity index (χ1v) is 2.45. The normalized spacial score (nSPS) is 8.86. The predicted molar refractivity (Wildman–Crippen MR) is 29.5 cm³/mol. The van der Waals surface area contributed by atoms with Gasteiger partial charge in [0, 0.05) is 13.2 Å². The maximum atomic E-state index is 8.18. The van der Waals surface area contributed by atoms with Gasteiger partial charge in [-0.2, -0.15) is 0 Å². The number of hydrogen-bond acceptors (Lipinski definition) is 2. The fourth-order valence-corrected chi connectivity index (χ4v) is 0.327. The van der Waals surface area contributed by atoms with Gasteiger partial charge >= 0.3 is 0 Å². The van der Waals surface area contributed by atoms with E-state index < -0.39 is 0 Å². The molecule has 0 unspecified atom stereocenters. The van der Waals surface area contributed by atoms with Crippen molar-refractivity contribution in [2.24, 2.45) is 0 Å². The highest BCUT2D eigenvalue weighted by atomic mass is 16.3. The number of aliphatic hydroxyl groups excluding tert-OH is 2. The van der Waals surface area contributed by atoms with E-state index in [4.69, 9.17) is 10.2 Å². The molecule has 0 saturated heterocycles. The van der Waals surface area contributed by atoms with Crippen LogP contribution in [0, 0.1) is 0 Å². The van der Waals surface area contributed by atoms with E-state index in [0.29, 0.717) is 12.6 Å². The summed E-state index contributed by atoms with van der Waals surface area (Å²) >= 11 is 0. The van der Waals surface area contributed by atoms with Crippen LogP contribution >= 0.6 is 0 Å². The molecule has 0 saturated carbocycles. The Morgan fingerprint density at radius 2 is 1.43 bits per heavy atom. The highest BCUT2D eigenvalue weighted by Crippen LogP contribution is 1.80. The Morgan fingerprint density at radius 3 is 1.71 bits per heavy atom. The Balaban J connectivity index is 2.45. The zero-order valence-electron chi connectivity index (χ0n) is 4.30. The summed E-state index contributed by atoms with van der Waals surface area (Å²) in [7, 11) is 1.86. The van der Waals surface area contributed by atoms with E-state index in [2.05, 4.69) is 0 Å². The van der Waals surface area contributed by atoms with Gasteiger partial charge in [-0.3, -0.25) is 0 Å². The van der Waals surface area contributed by atoms with Gasteiger partial charge in [-0.1, -0.05) is 12.6 Å². The maximum Gasteiger partial charge on any atom is 0.115 e. The van der Waals surface area contributed by atoms with Crippen LogP contribution in [0.4, 0.5) is 0 Å². The van der Waals surface area contributed by atoms with Crippen LogP contribution < -0.4 is 0 Å². The Labute approximate surface area is 44.4 Å². The molecule has 0 aromatic carbocycles. The molecule has 3 heteroatoms. The fourth-order valence-electron chi connectivity index (χ4n) is 0.327. The largest absolute Gasteiger partial charge is 0.397 e. The smallest absolute Gasteiger partial charge is 0.115 e. The summed E-state index contributed by atoms with van der Waals surface area (Å²) in [6.45, 7) is 0.389. The van der Waals surface area contributed by atoms with Gasteiger partial charge < -0.3 is 10.2 Å². The third-order valence-electron chi connectivity index (χ3n) is 0.666. The standard InChI is InChI=1S/C4H10BO2/c6-3-1-5-2-4-7/h6-7H,1-4H2. The van der Waals surface area contributed by atoms with E-state index in [-0.39, 0.29) is 13.2 Å². The lowest BCUT2D eigenvalue weighted by atomic mass is 9.72. The van der Waals surface area contributed by atoms with E-state index in [1.807, 2.05) is 7.28 Å². The van der Waals surface area contributed by atoms with E-state index in [1.54, 1.807) is 0 Å². The van der Waals surface area contributed by atoms with Gasteiger partial charge in [-0.15, -0.1) is 0 Å². The lowest BCUT2D eigenvalue weighted by Crippen LogP contribution is -1.94. The van der Waals surface area contributed by atoms with Crippen molar-refractivity contribution >= 4 is 7.28 Å². The van der Waals surface area contributed by atoms with Crippen molar-refractivity contribution in [3.8, 4) is 0 Å². The average Bonchev–Trinajstić information content (AvgIpc) is 1.69. The van der Waals surface area contributed by atoms with Gasteiger partial charge in [0.1, 0.15) is 7.28 Å². The van der Waals surface area contributed by atoms with Crippen LogP contribution in [0.2, 0.25) is 12.6 Å². The SMILES string of the molecule is OCC[B]CCO. The van der Waals surface area contributed by atoms with E-state index in [9.17, 15) is 0 Å². The summed E-state index contributed by atoms with van der Waals surface area (Å²) < 4.78 is 0. The van der Waals surface area contributed by atoms with Gasteiger partial charge in [-0.25, -0.2) is 0 Å². The number of rotatable bonds is 4. The molecule has 0 aromatic heterocycles. The number of aliphatic hydroxyl groups is 2. The van der Waals surface area contributed by atoms with Crippen LogP contribution in [0.3, 0.4) is 0 Å². The molecule has 41 valence electrons. The van der Waals surface area contributed by atoms with Gasteiger partial charge in [-0.05, 0) is 0 Å². The second-order valence-corrected chi connectivity index (χ2v) is 1.31. The molecule has 0 aliphatic heterocycles. The highest BCUT2D eigenvalue weighted by Gasteiger charge is 1.84. The third-order valence-corrected chi connectivity index (χ3v) is 0.666. The van der Waals surface area contributed by atoms with Gasteiger partial charge in [0.2, 0.25) is 0 Å². The second-order valence-electron chi connectivity index (χ2n) is 1.31. The van der Waals surface area contributed by atoms with Crippen molar-refractivity contribution in [2.45, 2.75) is 12.6 Å². The van der Waals surface area contributed by atoms with Crippen LogP contribution in [0.25, 0.3) is 0 Å². The third kappa shape index (κ3) is 5.98. The van der Waals surface area contributed by atoms with E-state index >= 15 is 0 Å². The summed E-state index contributed by atoms with van der Waals surface area (Å²) in [5.41, 5.74) is 0. The van der Waals surface area contributed by atoms with E-state index in [1.165, 1.54) is 0 Å². The topological polar surface area (TPSA) is 40.5 Å². The summed E-state index contributed by atoms with van der Waals surface area (Å²) in [6, 6.07) is 0. The van der Waals surface area contributed by atoms with Crippen LogP contribution in [0.15, 0.2) is 0 Å². The molecule has 2 N–H and O–H groups in total. The minimum atomic E-state index is 0.194. The molecule has 0 aromatic rings. The Kier molecular flexibility index (Phi) is 5.97. The van der Waals surface area contributed by atoms with Crippen molar-refractivity contribution in [3.05, 3.63) is 0 Å². The first-order valence-electron chi connectivity index (χ1n) is 2.45. The lowest BCUT2D eigenvalue weighted by molar-refractivity contribution is 0.311. The zero-order chi connectivity index (χ0) is 5.54. The summed E-state index contributed by atoms with van der Waals surface area (Å²) in [5, 5.41) is 16.4. The molecule has 0 fully saturated rings. The minimum Gasteiger partial charge on any atom is -0.397 e. The molecule has 1 radical (unpaired) electrons. The summed E-state index contributed by atoms with van der Waals surface area (Å²) in [5.74, 6) is 0. The van der Waals surface area contributed by atoms with Crippen LogP contribution in [-0.4, -0.2) is 30.7 Å². The zero-order valence-corrected chi connectivity index (χ0v) is 4.30. The van der Waals surface area contributed by atoms with Crippen molar-refractivity contribution in [1.29, 1.82) is 0 Å². The fraction of sp³-hybridized carbons (Fsp3) is 1.00. The lowest BCUT2D eigenvalue weighted by Gasteiger charge is -1.87. The predicted octanol–water partition coefficient (Wildman–Crippen LogP) is -0.488. The molecule has 0 bridgehead atoms. The molecule has 0 aliphatic rings. The molecule has 0 rings (SSSR count). The average molecular weight is 101 g/mol. The van der Waals surface area contributed by atoms with Crippen LogP contribution in [-0.2, 0) is 0 Å². The second kappa shape index (κ2) is 5.98. The molecular weight excluding hydrogens is 90.9 g/mol. The summed E-state index contributed by atoms with van der Waals surface area (Å²) in [6.07, 6.45) is 1.39. The van der Waals surface area contributed by atoms with Crippen LogP contribution in [0.1, 0.15) is 0 Å². The van der Waals surface area contributed by atoms with Gasteiger partial charge in [0.15, 0.2) is 0 Å². The van der Waals surface area contributed by atoms with E-state index in [0.717, 1.165) is 0 Å². The van der Waals surface area contributed by atoms with Crippen molar-refractivity contribution in [2.75, 3.05) is 13.2 Å². The molecule has 0 heterocycles. The molecule has 0 aliphatic carbocycles. The Bertz CT molecular complexity index is 28.9. The Morgan fingerprint density at radius 1 is 1.00 bits per heavy atom. The highest BCUT2D eigenvalue weighted by molar-refractivity contribution is 6.35. The molecule has 0 amide bonds.